The molecule has 1 fully saturated rings. The number of anilines is 1. The van der Waals surface area contributed by atoms with E-state index in [0.29, 0.717) is 6.04 Å². The Hall–Kier alpha value is -0.990. The van der Waals surface area contributed by atoms with Crippen LogP contribution in [0.25, 0.3) is 0 Å². The molecule has 0 aliphatic heterocycles. The molecule has 0 unspecified atom stereocenters. The predicted octanol–water partition coefficient (Wildman–Crippen LogP) is 2.02. The topological polar surface area (TPSA) is 29.9 Å². The Morgan fingerprint density at radius 2 is 2.38 bits per heavy atom. The minimum absolute atomic E-state index is 0.657. The highest BCUT2D eigenvalue weighted by atomic mass is 15.3. The summed E-state index contributed by atoms with van der Waals surface area (Å²) in [6.07, 6.45) is 7.95. The second kappa shape index (κ2) is 3.40. The number of nitrogens with one attached hydrogen (secondary N) is 1. The van der Waals surface area contributed by atoms with E-state index in [9.17, 15) is 0 Å². The first kappa shape index (κ1) is 8.60. The van der Waals surface area contributed by atoms with E-state index in [1.165, 1.54) is 19.3 Å². The number of rotatable bonds is 2. The summed E-state index contributed by atoms with van der Waals surface area (Å²) in [5.74, 6) is 0.806. The lowest BCUT2D eigenvalue weighted by Crippen LogP contribution is -2.21. The third-order valence-electron chi connectivity index (χ3n) is 2.92. The van der Waals surface area contributed by atoms with E-state index in [2.05, 4.69) is 17.3 Å². The van der Waals surface area contributed by atoms with Gasteiger partial charge in [-0.15, -0.1) is 0 Å². The zero-order valence-electron chi connectivity index (χ0n) is 8.33. The molecular weight excluding hydrogens is 162 g/mol. The lowest BCUT2D eigenvalue weighted by Gasteiger charge is -2.16. The van der Waals surface area contributed by atoms with E-state index in [4.69, 9.17) is 0 Å². The summed E-state index contributed by atoms with van der Waals surface area (Å²) < 4.78 is 1.84. The summed E-state index contributed by atoms with van der Waals surface area (Å²) in [5.41, 5.74) is 1.15. The fourth-order valence-electron chi connectivity index (χ4n) is 2.07. The number of aryl methyl sites for hydroxylation is 1. The fraction of sp³-hybridized carbons (Fsp3) is 0.700. The van der Waals surface area contributed by atoms with Gasteiger partial charge in [-0.2, -0.15) is 5.10 Å². The molecule has 0 saturated heterocycles. The molecule has 1 aromatic rings. The summed E-state index contributed by atoms with van der Waals surface area (Å²) in [4.78, 5) is 0. The first-order chi connectivity index (χ1) is 6.25. The first-order valence-electron chi connectivity index (χ1n) is 5.01. The molecule has 3 heteroatoms. The lowest BCUT2D eigenvalue weighted by atomic mass is 10.1. The lowest BCUT2D eigenvalue weighted by molar-refractivity contribution is 0.556. The summed E-state index contributed by atoms with van der Waals surface area (Å²) in [7, 11) is 1.95. The molecule has 1 aliphatic rings. The van der Waals surface area contributed by atoms with Gasteiger partial charge in [0.05, 0.1) is 11.9 Å². The van der Waals surface area contributed by atoms with Gasteiger partial charge in [-0.25, -0.2) is 0 Å². The second-order valence-electron chi connectivity index (χ2n) is 4.06. The molecule has 2 atom stereocenters. The van der Waals surface area contributed by atoms with E-state index in [-0.39, 0.29) is 0 Å². The van der Waals surface area contributed by atoms with Crippen LogP contribution >= 0.6 is 0 Å². The SMILES string of the molecule is C[C@@H]1CCC[C@H]1Nc1cnn(C)c1. The van der Waals surface area contributed by atoms with Crippen molar-refractivity contribution >= 4 is 5.69 Å². The van der Waals surface area contributed by atoms with E-state index in [1.54, 1.807) is 0 Å². The summed E-state index contributed by atoms with van der Waals surface area (Å²) >= 11 is 0. The van der Waals surface area contributed by atoms with E-state index < -0.39 is 0 Å². The maximum absolute atomic E-state index is 4.14. The molecule has 0 aromatic carbocycles. The third kappa shape index (κ3) is 1.85. The average molecular weight is 179 g/mol. The highest BCUT2D eigenvalue weighted by Crippen LogP contribution is 2.27. The summed E-state index contributed by atoms with van der Waals surface area (Å²) in [5, 5.41) is 7.67. The largest absolute Gasteiger partial charge is 0.380 e. The van der Waals surface area contributed by atoms with Gasteiger partial charge < -0.3 is 5.32 Å². The van der Waals surface area contributed by atoms with Gasteiger partial charge in [-0.3, -0.25) is 4.68 Å². The van der Waals surface area contributed by atoms with Crippen molar-refractivity contribution in [2.45, 2.75) is 32.2 Å². The Kier molecular flexibility index (Phi) is 2.25. The highest BCUT2D eigenvalue weighted by Gasteiger charge is 2.22. The van der Waals surface area contributed by atoms with E-state index >= 15 is 0 Å². The van der Waals surface area contributed by atoms with Gasteiger partial charge in [0.15, 0.2) is 0 Å². The Bertz CT molecular complexity index is 279. The Labute approximate surface area is 79.1 Å². The molecule has 1 aliphatic carbocycles. The smallest absolute Gasteiger partial charge is 0.0728 e. The Balaban J connectivity index is 1.97. The average Bonchev–Trinajstić information content (AvgIpc) is 2.64. The van der Waals surface area contributed by atoms with Crippen LogP contribution < -0.4 is 5.32 Å². The third-order valence-corrected chi connectivity index (χ3v) is 2.92. The van der Waals surface area contributed by atoms with Crippen LogP contribution in [0.2, 0.25) is 0 Å². The quantitative estimate of drug-likeness (QED) is 0.752. The van der Waals surface area contributed by atoms with Gasteiger partial charge in [-0.05, 0) is 18.8 Å². The maximum atomic E-state index is 4.14. The molecule has 3 nitrogen and oxygen atoms in total. The Morgan fingerprint density at radius 1 is 1.54 bits per heavy atom. The van der Waals surface area contributed by atoms with E-state index in [0.717, 1.165) is 11.6 Å². The molecular formula is C10H17N3. The zero-order chi connectivity index (χ0) is 9.26. The Morgan fingerprint density at radius 3 is 2.92 bits per heavy atom. The maximum Gasteiger partial charge on any atom is 0.0728 e. The molecule has 0 amide bonds. The normalized spacial score (nSPS) is 27.8. The van der Waals surface area contributed by atoms with Crippen LogP contribution in [0.4, 0.5) is 5.69 Å². The number of nitrogens with zero attached hydrogens (tertiary/aromatic N) is 2. The van der Waals surface area contributed by atoms with Gasteiger partial charge in [0.25, 0.3) is 0 Å². The van der Waals surface area contributed by atoms with Crippen LogP contribution in [-0.4, -0.2) is 15.8 Å². The molecule has 13 heavy (non-hydrogen) atoms. The minimum atomic E-state index is 0.657. The van der Waals surface area contributed by atoms with Crippen molar-refractivity contribution in [1.82, 2.24) is 9.78 Å². The van der Waals surface area contributed by atoms with Crippen molar-refractivity contribution in [2.75, 3.05) is 5.32 Å². The van der Waals surface area contributed by atoms with Crippen molar-refractivity contribution < 1.29 is 0 Å². The van der Waals surface area contributed by atoms with Gasteiger partial charge in [0.2, 0.25) is 0 Å². The number of hydrogen-bond donors (Lipinski definition) is 1. The van der Waals surface area contributed by atoms with Crippen molar-refractivity contribution in [1.29, 1.82) is 0 Å². The predicted molar refractivity (Wildman–Crippen MR) is 53.6 cm³/mol. The molecule has 1 saturated carbocycles. The van der Waals surface area contributed by atoms with Crippen molar-refractivity contribution in [3.63, 3.8) is 0 Å². The van der Waals surface area contributed by atoms with Crippen molar-refractivity contribution in [2.24, 2.45) is 13.0 Å². The summed E-state index contributed by atoms with van der Waals surface area (Å²) in [6, 6.07) is 0.657. The summed E-state index contributed by atoms with van der Waals surface area (Å²) in [6.45, 7) is 2.32. The molecule has 72 valence electrons. The molecule has 1 N–H and O–H groups in total. The zero-order valence-corrected chi connectivity index (χ0v) is 8.33. The van der Waals surface area contributed by atoms with Crippen LogP contribution in [0.3, 0.4) is 0 Å². The number of aromatic nitrogens is 2. The molecule has 1 aromatic heterocycles. The van der Waals surface area contributed by atoms with E-state index in [1.807, 2.05) is 24.1 Å². The number of hydrogen-bond acceptors (Lipinski definition) is 2. The van der Waals surface area contributed by atoms with Crippen LogP contribution in [0.1, 0.15) is 26.2 Å². The monoisotopic (exact) mass is 179 g/mol. The van der Waals surface area contributed by atoms with Gasteiger partial charge >= 0.3 is 0 Å². The van der Waals surface area contributed by atoms with Crippen LogP contribution in [0, 0.1) is 5.92 Å². The molecule has 1 heterocycles. The first-order valence-corrected chi connectivity index (χ1v) is 5.01. The second-order valence-corrected chi connectivity index (χ2v) is 4.06. The van der Waals surface area contributed by atoms with Crippen LogP contribution in [-0.2, 0) is 7.05 Å². The minimum Gasteiger partial charge on any atom is -0.380 e. The van der Waals surface area contributed by atoms with Crippen molar-refractivity contribution in [3.05, 3.63) is 12.4 Å². The van der Waals surface area contributed by atoms with Gasteiger partial charge in [0.1, 0.15) is 0 Å². The van der Waals surface area contributed by atoms with Crippen LogP contribution in [0.15, 0.2) is 12.4 Å². The molecule has 0 radical (unpaired) electrons. The molecule has 0 spiro atoms. The molecule has 0 bridgehead atoms. The van der Waals surface area contributed by atoms with Crippen molar-refractivity contribution in [3.8, 4) is 0 Å². The fourth-order valence-corrected chi connectivity index (χ4v) is 2.07. The van der Waals surface area contributed by atoms with Gasteiger partial charge in [0, 0.05) is 19.3 Å². The van der Waals surface area contributed by atoms with Gasteiger partial charge in [-0.1, -0.05) is 13.3 Å². The molecule has 2 rings (SSSR count). The van der Waals surface area contributed by atoms with Crippen LogP contribution in [0.5, 0.6) is 0 Å². The highest BCUT2D eigenvalue weighted by molar-refractivity contribution is 5.39. The standard InChI is InChI=1S/C10H17N3/c1-8-4-3-5-10(8)12-9-6-11-13(2)7-9/h6-8,10,12H,3-5H2,1-2H3/t8-,10-/m1/s1.